The molecule has 0 amide bonds. The molecule has 0 aromatic carbocycles. The number of unbranched alkanes of at least 4 members (excludes halogenated alkanes) is 3. The van der Waals surface area contributed by atoms with Gasteiger partial charge in [-0.3, -0.25) is 13.8 Å². The first-order valence-electron chi connectivity index (χ1n) is 14.4. The summed E-state index contributed by atoms with van der Waals surface area (Å²) in [5.74, 6) is -0.362. The number of hydrogen-bond acceptors (Lipinski definition) is 6. The molecule has 2 atom stereocenters. The van der Waals surface area contributed by atoms with Crippen molar-refractivity contribution < 1.29 is 37.3 Å². The van der Waals surface area contributed by atoms with Gasteiger partial charge in [-0.05, 0) is 44.9 Å². The number of likely N-dealkylation sites (N-methyl/N-ethyl adjacent to an activating group) is 1. The Morgan fingerprint density at radius 1 is 0.821 bits per heavy atom. The Bertz CT molecular complexity index is 772. The third kappa shape index (κ3) is 27.8. The van der Waals surface area contributed by atoms with Crippen molar-refractivity contribution in [3.05, 3.63) is 48.6 Å². The van der Waals surface area contributed by atoms with Crippen LogP contribution >= 0.6 is 7.82 Å². The first kappa shape index (κ1) is 37.5. The van der Waals surface area contributed by atoms with Crippen LogP contribution in [-0.4, -0.2) is 75.6 Å². The molecule has 0 radical (unpaired) electrons. The third-order valence-corrected chi connectivity index (χ3v) is 6.39. The molecule has 0 saturated carbocycles. The lowest BCUT2D eigenvalue weighted by atomic mass is 10.2. The minimum atomic E-state index is -4.26. The molecule has 39 heavy (non-hydrogen) atoms. The number of phosphoric ester groups is 1. The lowest BCUT2D eigenvalue weighted by Crippen LogP contribution is -2.37. The van der Waals surface area contributed by atoms with Crippen molar-refractivity contribution in [2.24, 2.45) is 0 Å². The Balaban J connectivity index is 4.34. The summed E-state index contributed by atoms with van der Waals surface area (Å²) in [4.78, 5) is 22.2. The zero-order valence-electron chi connectivity index (χ0n) is 25.1. The Hall–Kier alpha value is -1.54. The zero-order valence-corrected chi connectivity index (χ0v) is 26.0. The largest absolute Gasteiger partial charge is 0.472 e. The molecule has 0 aromatic rings. The maximum atomic E-state index is 12.2. The summed E-state index contributed by atoms with van der Waals surface area (Å²) in [6.07, 6.45) is 25.1. The van der Waals surface area contributed by atoms with Crippen LogP contribution < -0.4 is 0 Å². The average molecular weight is 573 g/mol. The van der Waals surface area contributed by atoms with Crippen LogP contribution in [0.2, 0.25) is 0 Å². The van der Waals surface area contributed by atoms with Gasteiger partial charge < -0.3 is 18.9 Å². The van der Waals surface area contributed by atoms with Gasteiger partial charge in [0.1, 0.15) is 19.3 Å². The summed E-state index contributed by atoms with van der Waals surface area (Å²) in [5, 5.41) is 0. The standard InChI is InChI=1S/C30H54NO7P/c1-6-8-10-11-12-13-14-15-16-17-18-19-20-22-25-35-27-29(38-30(32)23-21-9-7-2)28-37-39(33,34)36-26-24-31(3,4)5/h8,10,12-13,15-16,18-19,29H,6-7,9,11,14,17,20-28H2,1-5H3/p+1/b10-8-,13-12-,16-15-,19-18-. The summed E-state index contributed by atoms with van der Waals surface area (Å²) in [5.41, 5.74) is 0. The van der Waals surface area contributed by atoms with Crippen LogP contribution in [0.25, 0.3) is 0 Å². The fourth-order valence-electron chi connectivity index (χ4n) is 3.14. The number of esters is 1. The molecule has 0 aliphatic carbocycles. The fourth-order valence-corrected chi connectivity index (χ4v) is 3.88. The highest BCUT2D eigenvalue weighted by atomic mass is 31.2. The van der Waals surface area contributed by atoms with Gasteiger partial charge in [-0.25, -0.2) is 4.57 Å². The van der Waals surface area contributed by atoms with E-state index in [1.54, 1.807) is 0 Å². The molecule has 0 rings (SSSR count). The number of rotatable bonds is 25. The first-order valence-corrected chi connectivity index (χ1v) is 15.9. The maximum Gasteiger partial charge on any atom is 0.472 e. The Morgan fingerprint density at radius 3 is 2.03 bits per heavy atom. The summed E-state index contributed by atoms with van der Waals surface area (Å²) < 4.78 is 34.1. The molecule has 0 fully saturated rings. The van der Waals surface area contributed by atoms with Gasteiger partial charge in [0.15, 0.2) is 0 Å². The molecule has 226 valence electrons. The molecule has 8 nitrogen and oxygen atoms in total. The predicted molar refractivity (Wildman–Crippen MR) is 159 cm³/mol. The summed E-state index contributed by atoms with van der Waals surface area (Å²) in [6.45, 7) is 5.13. The van der Waals surface area contributed by atoms with Crippen molar-refractivity contribution in [3.8, 4) is 0 Å². The number of carbonyl (C=O) groups is 1. The number of allylic oxidation sites excluding steroid dienone is 8. The third-order valence-electron chi connectivity index (χ3n) is 5.40. The van der Waals surface area contributed by atoms with Gasteiger partial charge in [-0.2, -0.15) is 0 Å². The molecule has 2 unspecified atom stereocenters. The molecular formula is C30H55NO7P+. The molecule has 0 bridgehead atoms. The van der Waals surface area contributed by atoms with Crippen molar-refractivity contribution in [2.45, 2.75) is 84.2 Å². The molecule has 9 heteroatoms. The smallest absolute Gasteiger partial charge is 0.457 e. The van der Waals surface area contributed by atoms with E-state index in [0.717, 1.165) is 57.8 Å². The van der Waals surface area contributed by atoms with Crippen LogP contribution in [0, 0.1) is 0 Å². The second kappa shape index (κ2) is 24.3. The zero-order chi connectivity index (χ0) is 29.2. The summed E-state index contributed by atoms with van der Waals surface area (Å²) in [7, 11) is 1.62. The van der Waals surface area contributed by atoms with Crippen molar-refractivity contribution in [2.75, 3.05) is 54.1 Å². The number of phosphoric acid groups is 1. The number of hydrogen-bond donors (Lipinski definition) is 1. The molecule has 0 aliphatic rings. The number of carbonyl (C=O) groups excluding carboxylic acids is 1. The van der Waals surface area contributed by atoms with Crippen molar-refractivity contribution in [3.63, 3.8) is 0 Å². The van der Waals surface area contributed by atoms with Gasteiger partial charge in [0.2, 0.25) is 0 Å². The van der Waals surface area contributed by atoms with E-state index in [4.69, 9.17) is 18.5 Å². The average Bonchev–Trinajstić information content (AvgIpc) is 2.86. The highest BCUT2D eigenvalue weighted by Crippen LogP contribution is 2.43. The van der Waals surface area contributed by atoms with Crippen molar-refractivity contribution >= 4 is 13.8 Å². The monoisotopic (exact) mass is 572 g/mol. The maximum absolute atomic E-state index is 12.2. The van der Waals surface area contributed by atoms with Gasteiger partial charge in [0.25, 0.3) is 0 Å². The minimum Gasteiger partial charge on any atom is -0.457 e. The quantitative estimate of drug-likeness (QED) is 0.0417. The first-order chi connectivity index (χ1) is 18.6. The Labute approximate surface area is 237 Å². The van der Waals surface area contributed by atoms with Crippen LogP contribution in [0.1, 0.15) is 78.1 Å². The lowest BCUT2D eigenvalue weighted by Gasteiger charge is -2.24. The molecular weight excluding hydrogens is 517 g/mol. The Morgan fingerprint density at radius 2 is 1.44 bits per heavy atom. The van der Waals surface area contributed by atoms with E-state index < -0.39 is 13.9 Å². The highest BCUT2D eigenvalue weighted by molar-refractivity contribution is 7.47. The predicted octanol–water partition coefficient (Wildman–Crippen LogP) is 6.92. The van der Waals surface area contributed by atoms with Gasteiger partial charge >= 0.3 is 13.8 Å². The summed E-state index contributed by atoms with van der Waals surface area (Å²) >= 11 is 0. The fraction of sp³-hybridized carbons (Fsp3) is 0.700. The molecule has 0 aliphatic heterocycles. The normalized spacial score (nSPS) is 15.1. The van der Waals surface area contributed by atoms with E-state index in [2.05, 4.69) is 62.5 Å². The van der Waals surface area contributed by atoms with Crippen LogP contribution in [-0.2, 0) is 27.9 Å². The molecule has 1 N–H and O–H groups in total. The second-order valence-corrected chi connectivity index (χ2v) is 11.9. The van der Waals surface area contributed by atoms with Crippen LogP contribution in [0.5, 0.6) is 0 Å². The SMILES string of the molecule is CC/C=C\C/C=C\C/C=C\C/C=C\CCCOCC(COP(=O)(O)OCC[N+](C)(C)C)OC(=O)CCCCC. The van der Waals surface area contributed by atoms with E-state index in [1.807, 2.05) is 21.1 Å². The van der Waals surface area contributed by atoms with Crippen molar-refractivity contribution in [1.29, 1.82) is 0 Å². The number of ether oxygens (including phenoxy) is 2. The number of nitrogens with zero attached hydrogens (tertiary/aromatic N) is 1. The Kier molecular flexibility index (Phi) is 23.3. The molecule has 0 heterocycles. The van der Waals surface area contributed by atoms with E-state index >= 15 is 0 Å². The minimum absolute atomic E-state index is 0.0759. The van der Waals surface area contributed by atoms with Gasteiger partial charge in [0.05, 0.1) is 34.4 Å². The lowest BCUT2D eigenvalue weighted by molar-refractivity contribution is -0.870. The molecule has 0 spiro atoms. The van der Waals surface area contributed by atoms with E-state index in [0.29, 0.717) is 24.1 Å². The molecule has 0 saturated heterocycles. The van der Waals surface area contributed by atoms with Gasteiger partial charge in [0, 0.05) is 13.0 Å². The van der Waals surface area contributed by atoms with Crippen LogP contribution in [0.4, 0.5) is 0 Å². The van der Waals surface area contributed by atoms with Crippen LogP contribution in [0.3, 0.4) is 0 Å². The topological polar surface area (TPSA) is 91.3 Å². The van der Waals surface area contributed by atoms with E-state index in [9.17, 15) is 14.3 Å². The highest BCUT2D eigenvalue weighted by Gasteiger charge is 2.26. The number of quaternary nitrogens is 1. The van der Waals surface area contributed by atoms with E-state index in [-0.39, 0.29) is 25.8 Å². The van der Waals surface area contributed by atoms with Gasteiger partial charge in [-0.1, -0.05) is 75.3 Å². The van der Waals surface area contributed by atoms with E-state index in [1.165, 1.54) is 0 Å². The summed E-state index contributed by atoms with van der Waals surface area (Å²) in [6, 6.07) is 0. The van der Waals surface area contributed by atoms with Crippen molar-refractivity contribution in [1.82, 2.24) is 0 Å². The van der Waals surface area contributed by atoms with Gasteiger partial charge in [-0.15, -0.1) is 0 Å². The molecule has 0 aromatic heterocycles. The second-order valence-electron chi connectivity index (χ2n) is 10.4. The van der Waals surface area contributed by atoms with Crippen LogP contribution in [0.15, 0.2) is 48.6 Å².